The second-order valence-corrected chi connectivity index (χ2v) is 7.35. The van der Waals surface area contributed by atoms with Crippen molar-refractivity contribution in [3.05, 3.63) is 95.1 Å². The van der Waals surface area contributed by atoms with Gasteiger partial charge in [0.25, 0.3) is 0 Å². The number of aryl methyl sites for hydroxylation is 2. The Morgan fingerprint density at radius 3 is 2.38 bits per heavy atom. The molecular weight excluding hydrogens is 360 g/mol. The van der Waals surface area contributed by atoms with E-state index in [1.165, 1.54) is 11.1 Å². The second kappa shape index (κ2) is 9.39. The van der Waals surface area contributed by atoms with Gasteiger partial charge in [-0.25, -0.2) is 0 Å². The molecule has 4 heteroatoms. The van der Waals surface area contributed by atoms with Crippen LogP contribution in [0.15, 0.2) is 72.8 Å². The Hall–Kier alpha value is -3.11. The fourth-order valence-corrected chi connectivity index (χ4v) is 3.51. The molecular formula is C25H28N2O2. The van der Waals surface area contributed by atoms with Gasteiger partial charge in [0, 0.05) is 6.54 Å². The van der Waals surface area contributed by atoms with Gasteiger partial charge in [-0.1, -0.05) is 60.7 Å². The molecule has 3 rings (SSSR count). The molecule has 0 bridgehead atoms. The lowest BCUT2D eigenvalue weighted by molar-refractivity contribution is -0.121. The summed E-state index contributed by atoms with van der Waals surface area (Å²) in [5.41, 5.74) is 5.12. The Labute approximate surface area is 173 Å². The highest BCUT2D eigenvalue weighted by Crippen LogP contribution is 2.29. The van der Waals surface area contributed by atoms with Crippen LogP contribution in [0.5, 0.6) is 5.75 Å². The number of carbonyl (C=O) groups is 1. The molecule has 1 N–H and O–H groups in total. The van der Waals surface area contributed by atoms with Crippen LogP contribution in [-0.2, 0) is 11.3 Å². The van der Waals surface area contributed by atoms with Crippen LogP contribution in [0, 0.1) is 13.8 Å². The Kier molecular flexibility index (Phi) is 6.68. The number of benzene rings is 3. The first-order valence-electron chi connectivity index (χ1n) is 9.75. The summed E-state index contributed by atoms with van der Waals surface area (Å²) in [4.78, 5) is 15.5. The normalized spacial score (nSPS) is 11.9. The van der Waals surface area contributed by atoms with Crippen LogP contribution in [0.4, 0.5) is 5.69 Å². The van der Waals surface area contributed by atoms with Crippen LogP contribution in [0.3, 0.4) is 0 Å². The number of carbonyl (C=O) groups excluding carboxylic acids is 1. The molecule has 1 atom stereocenters. The van der Waals surface area contributed by atoms with Crippen molar-refractivity contribution < 1.29 is 9.53 Å². The number of nitrogens with one attached hydrogen (secondary N) is 1. The van der Waals surface area contributed by atoms with Crippen molar-refractivity contribution in [1.29, 1.82) is 0 Å². The van der Waals surface area contributed by atoms with Crippen LogP contribution in [0.25, 0.3) is 0 Å². The van der Waals surface area contributed by atoms with E-state index in [0.717, 1.165) is 11.1 Å². The van der Waals surface area contributed by atoms with Gasteiger partial charge >= 0.3 is 0 Å². The summed E-state index contributed by atoms with van der Waals surface area (Å²) in [6.07, 6.45) is 0. The quantitative estimate of drug-likeness (QED) is 0.610. The maximum Gasteiger partial charge on any atom is 0.246 e. The summed E-state index contributed by atoms with van der Waals surface area (Å²) in [6.45, 7) is 4.76. The van der Waals surface area contributed by atoms with Crippen molar-refractivity contribution in [1.82, 2.24) is 4.90 Å². The summed E-state index contributed by atoms with van der Waals surface area (Å²) >= 11 is 0. The zero-order valence-corrected chi connectivity index (χ0v) is 17.5. The highest BCUT2D eigenvalue weighted by Gasteiger charge is 2.26. The van der Waals surface area contributed by atoms with Crippen molar-refractivity contribution in [2.45, 2.75) is 26.4 Å². The van der Waals surface area contributed by atoms with Gasteiger partial charge in [-0.2, -0.15) is 0 Å². The molecule has 0 fully saturated rings. The third kappa shape index (κ3) is 5.04. The predicted octanol–water partition coefficient (Wildman–Crippen LogP) is 5.12. The van der Waals surface area contributed by atoms with E-state index in [1.807, 2.05) is 74.6 Å². The maximum atomic E-state index is 13.4. The van der Waals surface area contributed by atoms with Gasteiger partial charge in [0.05, 0.1) is 12.8 Å². The smallest absolute Gasteiger partial charge is 0.246 e. The zero-order valence-electron chi connectivity index (χ0n) is 17.5. The molecule has 0 heterocycles. The van der Waals surface area contributed by atoms with Gasteiger partial charge < -0.3 is 10.1 Å². The number of amides is 1. The fourth-order valence-electron chi connectivity index (χ4n) is 3.51. The third-order valence-electron chi connectivity index (χ3n) is 5.10. The summed E-state index contributed by atoms with van der Waals surface area (Å²) in [7, 11) is 3.59. The highest BCUT2D eigenvalue weighted by atomic mass is 16.5. The number of methoxy groups -OCH3 is 1. The summed E-state index contributed by atoms with van der Waals surface area (Å²) in [5.74, 6) is 0.563. The van der Waals surface area contributed by atoms with Gasteiger partial charge in [0.15, 0.2) is 0 Å². The van der Waals surface area contributed by atoms with E-state index in [9.17, 15) is 4.79 Å². The van der Waals surface area contributed by atoms with Gasteiger partial charge in [-0.3, -0.25) is 9.69 Å². The molecule has 0 saturated carbocycles. The monoisotopic (exact) mass is 388 g/mol. The molecule has 0 aromatic heterocycles. The van der Waals surface area contributed by atoms with E-state index in [4.69, 9.17) is 4.74 Å². The first kappa shape index (κ1) is 20.6. The van der Waals surface area contributed by atoms with Crippen molar-refractivity contribution in [2.24, 2.45) is 0 Å². The minimum Gasteiger partial charge on any atom is -0.495 e. The van der Waals surface area contributed by atoms with Gasteiger partial charge in [-0.05, 0) is 55.3 Å². The molecule has 0 aliphatic rings. The van der Waals surface area contributed by atoms with Gasteiger partial charge in [-0.15, -0.1) is 0 Å². The number of hydrogen-bond acceptors (Lipinski definition) is 3. The number of ether oxygens (including phenoxy) is 1. The Balaban J connectivity index is 1.91. The molecule has 1 unspecified atom stereocenters. The van der Waals surface area contributed by atoms with Crippen LogP contribution in [0.2, 0.25) is 0 Å². The standard InChI is InChI=1S/C25H28N2O2/c1-18-14-15-23(29-4)22(16-18)26-25(28)24(20-11-6-5-7-12-20)27(3)17-21-13-9-8-10-19(21)2/h5-16,24H,17H2,1-4H3,(H,26,28). The van der Waals surface area contributed by atoms with Crippen LogP contribution < -0.4 is 10.1 Å². The molecule has 0 spiro atoms. The summed E-state index contributed by atoms with van der Waals surface area (Å²) < 4.78 is 5.43. The number of hydrogen-bond donors (Lipinski definition) is 1. The minimum atomic E-state index is -0.430. The SMILES string of the molecule is COc1ccc(C)cc1NC(=O)C(c1ccccc1)N(C)Cc1ccccc1C. The zero-order chi connectivity index (χ0) is 20.8. The Morgan fingerprint density at radius 1 is 1.00 bits per heavy atom. The number of rotatable bonds is 7. The largest absolute Gasteiger partial charge is 0.495 e. The van der Waals surface area contributed by atoms with Crippen LogP contribution in [0.1, 0.15) is 28.3 Å². The molecule has 3 aromatic carbocycles. The first-order chi connectivity index (χ1) is 14.0. The molecule has 29 heavy (non-hydrogen) atoms. The van der Waals surface area contributed by atoms with E-state index < -0.39 is 6.04 Å². The number of anilines is 1. The maximum absolute atomic E-state index is 13.4. The molecule has 4 nitrogen and oxygen atoms in total. The van der Waals surface area contributed by atoms with Crippen molar-refractivity contribution >= 4 is 11.6 Å². The molecule has 150 valence electrons. The Morgan fingerprint density at radius 2 is 1.69 bits per heavy atom. The summed E-state index contributed by atoms with van der Waals surface area (Å²) in [6, 6.07) is 23.5. The van der Waals surface area contributed by atoms with E-state index in [0.29, 0.717) is 18.0 Å². The van der Waals surface area contributed by atoms with Crippen LogP contribution in [-0.4, -0.2) is 25.0 Å². The van der Waals surface area contributed by atoms with Crippen molar-refractivity contribution in [3.63, 3.8) is 0 Å². The molecule has 0 aliphatic carbocycles. The first-order valence-corrected chi connectivity index (χ1v) is 9.75. The van der Waals surface area contributed by atoms with E-state index >= 15 is 0 Å². The Bertz CT molecular complexity index is 970. The summed E-state index contributed by atoms with van der Waals surface area (Å²) in [5, 5.41) is 3.08. The fraction of sp³-hybridized carbons (Fsp3) is 0.240. The van der Waals surface area contributed by atoms with Crippen molar-refractivity contribution in [3.8, 4) is 5.75 Å². The van der Waals surface area contributed by atoms with E-state index in [2.05, 4.69) is 29.3 Å². The lowest BCUT2D eigenvalue weighted by Crippen LogP contribution is -2.34. The predicted molar refractivity (Wildman–Crippen MR) is 118 cm³/mol. The van der Waals surface area contributed by atoms with Crippen LogP contribution >= 0.6 is 0 Å². The third-order valence-corrected chi connectivity index (χ3v) is 5.10. The molecule has 3 aromatic rings. The minimum absolute atomic E-state index is 0.0869. The van der Waals surface area contributed by atoms with E-state index in [-0.39, 0.29) is 5.91 Å². The van der Waals surface area contributed by atoms with Gasteiger partial charge in [0.2, 0.25) is 5.91 Å². The lowest BCUT2D eigenvalue weighted by atomic mass is 10.0. The van der Waals surface area contributed by atoms with Gasteiger partial charge in [0.1, 0.15) is 11.8 Å². The lowest BCUT2D eigenvalue weighted by Gasteiger charge is -2.28. The average Bonchev–Trinajstić information content (AvgIpc) is 2.71. The van der Waals surface area contributed by atoms with E-state index in [1.54, 1.807) is 7.11 Å². The second-order valence-electron chi connectivity index (χ2n) is 7.35. The number of nitrogens with zero attached hydrogens (tertiary/aromatic N) is 1. The highest BCUT2D eigenvalue weighted by molar-refractivity contribution is 5.96. The molecule has 1 amide bonds. The number of likely N-dealkylation sites (N-methyl/N-ethyl adjacent to an activating group) is 1. The van der Waals surface area contributed by atoms with Crippen molar-refractivity contribution in [2.75, 3.05) is 19.5 Å². The molecule has 0 radical (unpaired) electrons. The molecule has 0 saturated heterocycles. The topological polar surface area (TPSA) is 41.6 Å². The molecule has 0 aliphatic heterocycles. The average molecular weight is 389 g/mol.